The molecular formula is C55H34N4O. The van der Waals surface area contributed by atoms with Crippen LogP contribution in [0.1, 0.15) is 0 Å². The summed E-state index contributed by atoms with van der Waals surface area (Å²) in [6.07, 6.45) is 0. The minimum absolute atomic E-state index is 0.598. The fourth-order valence-electron chi connectivity index (χ4n) is 8.81. The lowest BCUT2D eigenvalue weighted by Gasteiger charge is -2.11. The zero-order chi connectivity index (χ0) is 39.6. The molecule has 0 radical (unpaired) electrons. The number of rotatable bonds is 6. The Balaban J connectivity index is 0.938. The van der Waals surface area contributed by atoms with Crippen molar-refractivity contribution in [2.45, 2.75) is 0 Å². The van der Waals surface area contributed by atoms with Crippen molar-refractivity contribution in [3.63, 3.8) is 0 Å². The van der Waals surface area contributed by atoms with Gasteiger partial charge in [0.25, 0.3) is 0 Å². The van der Waals surface area contributed by atoms with Crippen LogP contribution in [0.15, 0.2) is 211 Å². The van der Waals surface area contributed by atoms with Crippen LogP contribution in [0.25, 0.3) is 117 Å². The molecule has 0 spiro atoms. The number of fused-ring (bicyclic) bond motifs is 7. The Labute approximate surface area is 345 Å². The van der Waals surface area contributed by atoms with Gasteiger partial charge >= 0.3 is 0 Å². The maximum absolute atomic E-state index is 6.26. The Hall–Kier alpha value is -8.15. The van der Waals surface area contributed by atoms with E-state index in [1.165, 1.54) is 38.3 Å². The van der Waals surface area contributed by atoms with E-state index in [0.717, 1.165) is 60.8 Å². The lowest BCUT2D eigenvalue weighted by Crippen LogP contribution is -2.00. The predicted octanol–water partition coefficient (Wildman–Crippen LogP) is 14.4. The Bertz CT molecular complexity index is 3580. The van der Waals surface area contributed by atoms with Gasteiger partial charge in [-0.3, -0.25) is 0 Å². The number of para-hydroxylation sites is 2. The lowest BCUT2D eigenvalue weighted by molar-refractivity contribution is 0.669. The summed E-state index contributed by atoms with van der Waals surface area (Å²) in [5.74, 6) is 1.82. The Kier molecular flexibility index (Phi) is 7.78. The molecule has 60 heavy (non-hydrogen) atoms. The summed E-state index contributed by atoms with van der Waals surface area (Å²) < 4.78 is 8.64. The molecule has 0 aliphatic rings. The zero-order valence-corrected chi connectivity index (χ0v) is 32.3. The third-order valence-electron chi connectivity index (χ3n) is 11.7. The highest BCUT2D eigenvalue weighted by Gasteiger charge is 2.19. The first-order chi connectivity index (χ1) is 29.7. The summed E-state index contributed by atoms with van der Waals surface area (Å²) >= 11 is 0. The van der Waals surface area contributed by atoms with Gasteiger partial charge in [0.2, 0.25) is 0 Å². The molecule has 5 nitrogen and oxygen atoms in total. The minimum atomic E-state index is 0.598. The molecule has 12 rings (SSSR count). The monoisotopic (exact) mass is 766 g/mol. The molecule has 280 valence electrons. The van der Waals surface area contributed by atoms with Crippen LogP contribution >= 0.6 is 0 Å². The van der Waals surface area contributed by atoms with E-state index in [4.69, 9.17) is 19.4 Å². The van der Waals surface area contributed by atoms with Gasteiger partial charge in [0.1, 0.15) is 11.2 Å². The lowest BCUT2D eigenvalue weighted by atomic mass is 9.99. The number of nitrogens with zero attached hydrogens (tertiary/aromatic N) is 4. The van der Waals surface area contributed by atoms with Crippen LogP contribution in [0, 0.1) is 0 Å². The Morgan fingerprint density at radius 2 is 0.917 bits per heavy atom. The normalized spacial score (nSPS) is 11.7. The second-order valence-corrected chi connectivity index (χ2v) is 15.2. The molecule has 0 N–H and O–H groups in total. The number of hydrogen-bond acceptors (Lipinski definition) is 4. The van der Waals surface area contributed by atoms with Crippen LogP contribution in [0.5, 0.6) is 0 Å². The topological polar surface area (TPSA) is 56.7 Å². The van der Waals surface area contributed by atoms with Gasteiger partial charge in [-0.25, -0.2) is 15.0 Å². The highest BCUT2D eigenvalue weighted by Crippen LogP contribution is 2.40. The zero-order valence-electron chi connectivity index (χ0n) is 32.3. The summed E-state index contributed by atoms with van der Waals surface area (Å²) in [5.41, 5.74) is 12.5. The van der Waals surface area contributed by atoms with E-state index < -0.39 is 0 Å². The van der Waals surface area contributed by atoms with E-state index in [0.29, 0.717) is 17.5 Å². The second kappa shape index (κ2) is 13.8. The largest absolute Gasteiger partial charge is 0.456 e. The minimum Gasteiger partial charge on any atom is -0.456 e. The molecule has 12 aromatic rings. The van der Waals surface area contributed by atoms with Gasteiger partial charge in [-0.05, 0) is 75.5 Å². The van der Waals surface area contributed by atoms with Gasteiger partial charge in [0.05, 0.1) is 11.0 Å². The van der Waals surface area contributed by atoms with Crippen molar-refractivity contribution in [3.05, 3.63) is 206 Å². The quantitative estimate of drug-likeness (QED) is 0.169. The van der Waals surface area contributed by atoms with E-state index in [9.17, 15) is 0 Å². The molecule has 0 fully saturated rings. The SMILES string of the molecule is c1ccc(-c2cccc3c2c2ccccc2n3-c2ccc(-c3ccc(-c4nc(-c5ccc6ccccc6c5)nc(-c5cccc6oc7ccccc7c56)n4)cc3)cc2)cc1. The van der Waals surface area contributed by atoms with E-state index in [2.05, 4.69) is 180 Å². The maximum atomic E-state index is 6.26. The summed E-state index contributed by atoms with van der Waals surface area (Å²) in [4.78, 5) is 15.4. The molecule has 0 atom stereocenters. The number of benzene rings is 9. The highest BCUT2D eigenvalue weighted by molar-refractivity contribution is 6.16. The maximum Gasteiger partial charge on any atom is 0.164 e. The highest BCUT2D eigenvalue weighted by atomic mass is 16.3. The van der Waals surface area contributed by atoms with Gasteiger partial charge in [-0.15, -0.1) is 0 Å². The third-order valence-corrected chi connectivity index (χ3v) is 11.7. The van der Waals surface area contributed by atoms with Crippen molar-refractivity contribution in [2.24, 2.45) is 0 Å². The fraction of sp³-hybridized carbons (Fsp3) is 0. The Morgan fingerprint density at radius 1 is 0.333 bits per heavy atom. The summed E-state index contributed by atoms with van der Waals surface area (Å²) in [7, 11) is 0. The first-order valence-electron chi connectivity index (χ1n) is 20.2. The molecule has 0 aliphatic heterocycles. The summed E-state index contributed by atoms with van der Waals surface area (Å²) in [6.45, 7) is 0. The van der Waals surface area contributed by atoms with Crippen molar-refractivity contribution in [2.75, 3.05) is 0 Å². The third kappa shape index (κ3) is 5.59. The van der Waals surface area contributed by atoms with Crippen LogP contribution in [0.2, 0.25) is 0 Å². The first-order valence-corrected chi connectivity index (χ1v) is 20.2. The van der Waals surface area contributed by atoms with Crippen LogP contribution in [0.4, 0.5) is 0 Å². The standard InChI is InChI=1S/C55H34N4O/c1-2-13-38(14-3-1)43-18-10-21-48-51(43)44-16-6-8-20-47(44)59(48)42-32-30-37(31-33-42)36-24-27-39(28-25-36)53-56-54(41-29-26-35-12-4-5-15-40(35)34-41)58-55(57-53)46-19-11-23-50-52(46)45-17-7-9-22-49(45)60-50/h1-34H. The van der Waals surface area contributed by atoms with Crippen molar-refractivity contribution in [3.8, 4) is 62.1 Å². The van der Waals surface area contributed by atoms with Crippen molar-refractivity contribution in [1.82, 2.24) is 19.5 Å². The molecule has 0 aliphatic carbocycles. The van der Waals surface area contributed by atoms with E-state index in [1.807, 2.05) is 30.3 Å². The molecule has 3 heterocycles. The smallest absolute Gasteiger partial charge is 0.164 e. The van der Waals surface area contributed by atoms with Gasteiger partial charge in [0.15, 0.2) is 17.5 Å². The molecule has 5 heteroatoms. The fourth-order valence-corrected chi connectivity index (χ4v) is 8.81. The van der Waals surface area contributed by atoms with Gasteiger partial charge < -0.3 is 8.98 Å². The number of hydrogen-bond donors (Lipinski definition) is 0. The van der Waals surface area contributed by atoms with Crippen LogP contribution in [-0.4, -0.2) is 19.5 Å². The predicted molar refractivity (Wildman–Crippen MR) is 246 cm³/mol. The molecule has 3 aromatic heterocycles. The number of aromatic nitrogens is 4. The molecule has 0 unspecified atom stereocenters. The van der Waals surface area contributed by atoms with E-state index in [1.54, 1.807) is 0 Å². The van der Waals surface area contributed by atoms with E-state index in [-0.39, 0.29) is 0 Å². The molecular weight excluding hydrogens is 733 g/mol. The van der Waals surface area contributed by atoms with Crippen LogP contribution in [-0.2, 0) is 0 Å². The van der Waals surface area contributed by atoms with E-state index >= 15 is 0 Å². The molecule has 0 bridgehead atoms. The van der Waals surface area contributed by atoms with Crippen LogP contribution < -0.4 is 0 Å². The molecule has 9 aromatic carbocycles. The summed E-state index contributed by atoms with van der Waals surface area (Å²) in [6, 6.07) is 72.3. The second-order valence-electron chi connectivity index (χ2n) is 15.2. The average molecular weight is 767 g/mol. The average Bonchev–Trinajstić information content (AvgIpc) is 3.88. The van der Waals surface area contributed by atoms with Gasteiger partial charge in [-0.2, -0.15) is 0 Å². The molecule has 0 saturated carbocycles. The van der Waals surface area contributed by atoms with Crippen molar-refractivity contribution in [1.29, 1.82) is 0 Å². The number of furan rings is 1. The molecule has 0 amide bonds. The van der Waals surface area contributed by atoms with Gasteiger partial charge in [0, 0.05) is 43.9 Å². The first kappa shape index (κ1) is 33.9. The summed E-state index contributed by atoms with van der Waals surface area (Å²) in [5, 5.41) is 6.83. The molecule has 0 saturated heterocycles. The van der Waals surface area contributed by atoms with Gasteiger partial charge in [-0.1, -0.05) is 164 Å². The Morgan fingerprint density at radius 3 is 1.75 bits per heavy atom. The van der Waals surface area contributed by atoms with Crippen molar-refractivity contribution >= 4 is 54.5 Å². The van der Waals surface area contributed by atoms with Crippen LogP contribution in [0.3, 0.4) is 0 Å². The van der Waals surface area contributed by atoms with Crippen molar-refractivity contribution < 1.29 is 4.42 Å².